The molecule has 174 valence electrons. The third kappa shape index (κ3) is 4.71. The number of hydrogen-bond donors (Lipinski definition) is 0. The molecule has 2 fully saturated rings. The van der Waals surface area contributed by atoms with Gasteiger partial charge in [-0.05, 0) is 38.8 Å². The second kappa shape index (κ2) is 9.75. The minimum Gasteiger partial charge on any atom is -0.339 e. The van der Waals surface area contributed by atoms with Gasteiger partial charge in [0, 0.05) is 37.9 Å². The van der Waals surface area contributed by atoms with E-state index in [0.29, 0.717) is 24.9 Å². The number of nitrogens with zero attached hydrogens (tertiary/aromatic N) is 4. The fourth-order valence-corrected chi connectivity index (χ4v) is 7.46. The van der Waals surface area contributed by atoms with Gasteiger partial charge in [-0.3, -0.25) is 4.79 Å². The molecule has 0 unspecified atom stereocenters. The molecule has 4 rings (SSSR count). The number of rotatable bonds is 6. The van der Waals surface area contributed by atoms with Crippen LogP contribution in [0.5, 0.6) is 0 Å². The number of hydrogen-bond acceptors (Lipinski definition) is 5. The standard InChI is InChI=1S/C22H29ClN4O3S2/c1-16-17(2)27(18-7-3-4-8-18)22(24-16)31-15-21(28)25-11-13-26(14-12-25)32(29,30)20-10-6-5-9-19(20)23/h5-6,9-10,18H,3-4,7-8,11-15H2,1-2H3. The molecular formula is C22H29ClN4O3S2. The molecular weight excluding hydrogens is 468 g/mol. The number of carbonyl (C=O) groups is 1. The SMILES string of the molecule is Cc1nc(SCC(=O)N2CCN(S(=O)(=O)c3ccccc3Cl)CC2)n(C2CCCC2)c1C. The van der Waals surface area contributed by atoms with E-state index in [9.17, 15) is 13.2 Å². The molecule has 0 spiro atoms. The number of piperazine rings is 1. The molecule has 1 saturated carbocycles. The van der Waals surface area contributed by atoms with E-state index >= 15 is 0 Å². The molecule has 2 aromatic rings. The highest BCUT2D eigenvalue weighted by Crippen LogP contribution is 2.35. The summed E-state index contributed by atoms with van der Waals surface area (Å²) in [6, 6.07) is 6.94. The van der Waals surface area contributed by atoms with Gasteiger partial charge < -0.3 is 9.47 Å². The van der Waals surface area contributed by atoms with Crippen molar-refractivity contribution in [1.29, 1.82) is 0 Å². The van der Waals surface area contributed by atoms with Gasteiger partial charge in [0.2, 0.25) is 15.9 Å². The van der Waals surface area contributed by atoms with Crippen LogP contribution in [0.1, 0.15) is 43.1 Å². The molecule has 1 aromatic heterocycles. The Bertz CT molecular complexity index is 1090. The number of imidazole rings is 1. The number of amides is 1. The number of carbonyl (C=O) groups excluding carboxylic acids is 1. The fourth-order valence-electron chi connectivity index (χ4n) is 4.48. The smallest absolute Gasteiger partial charge is 0.244 e. The van der Waals surface area contributed by atoms with Crippen LogP contribution in [0.25, 0.3) is 0 Å². The number of thioether (sulfide) groups is 1. The van der Waals surface area contributed by atoms with Crippen LogP contribution >= 0.6 is 23.4 Å². The molecule has 7 nitrogen and oxygen atoms in total. The van der Waals surface area contributed by atoms with E-state index in [0.717, 1.165) is 10.9 Å². The summed E-state index contributed by atoms with van der Waals surface area (Å²) in [5.41, 5.74) is 2.20. The predicted molar refractivity (Wildman–Crippen MR) is 127 cm³/mol. The summed E-state index contributed by atoms with van der Waals surface area (Å²) in [5, 5.41) is 1.13. The molecule has 1 aliphatic heterocycles. The van der Waals surface area contributed by atoms with Crippen molar-refractivity contribution in [3.05, 3.63) is 40.7 Å². The predicted octanol–water partition coefficient (Wildman–Crippen LogP) is 3.89. The quantitative estimate of drug-likeness (QED) is 0.567. The number of halogens is 1. The van der Waals surface area contributed by atoms with Crippen LogP contribution < -0.4 is 0 Å². The first-order chi connectivity index (χ1) is 15.3. The van der Waals surface area contributed by atoms with Gasteiger partial charge in [-0.1, -0.05) is 48.3 Å². The monoisotopic (exact) mass is 496 g/mol. The molecule has 0 N–H and O–H groups in total. The fraction of sp³-hybridized carbons (Fsp3) is 0.545. The lowest BCUT2D eigenvalue weighted by Gasteiger charge is -2.34. The summed E-state index contributed by atoms with van der Waals surface area (Å²) in [4.78, 5) is 19.4. The minimum absolute atomic E-state index is 0.0149. The summed E-state index contributed by atoms with van der Waals surface area (Å²) in [5.74, 6) is 0.320. The molecule has 0 radical (unpaired) electrons. The third-order valence-corrected chi connectivity index (χ3v) is 9.75. The Morgan fingerprint density at radius 2 is 1.78 bits per heavy atom. The van der Waals surface area contributed by atoms with Crippen molar-refractivity contribution in [2.75, 3.05) is 31.9 Å². The van der Waals surface area contributed by atoms with E-state index in [4.69, 9.17) is 16.6 Å². The van der Waals surface area contributed by atoms with E-state index in [1.54, 1.807) is 23.1 Å². The van der Waals surface area contributed by atoms with E-state index in [-0.39, 0.29) is 28.9 Å². The second-order valence-electron chi connectivity index (χ2n) is 8.38. The number of sulfonamides is 1. The third-order valence-electron chi connectivity index (χ3n) is 6.41. The topological polar surface area (TPSA) is 75.5 Å². The van der Waals surface area contributed by atoms with E-state index in [1.165, 1.54) is 53.5 Å². The van der Waals surface area contributed by atoms with Crippen LogP contribution in [0, 0.1) is 13.8 Å². The molecule has 1 aliphatic carbocycles. The van der Waals surface area contributed by atoms with Crippen molar-refractivity contribution >= 4 is 39.3 Å². The van der Waals surface area contributed by atoms with E-state index in [2.05, 4.69) is 11.5 Å². The maximum Gasteiger partial charge on any atom is 0.244 e. The molecule has 2 aliphatic rings. The Kier molecular flexibility index (Phi) is 7.19. The van der Waals surface area contributed by atoms with Crippen LogP contribution in [-0.2, 0) is 14.8 Å². The Morgan fingerprint density at radius 1 is 1.12 bits per heavy atom. The molecule has 1 amide bonds. The maximum atomic E-state index is 12.9. The largest absolute Gasteiger partial charge is 0.339 e. The van der Waals surface area contributed by atoms with Gasteiger partial charge in [0.15, 0.2) is 5.16 Å². The van der Waals surface area contributed by atoms with Crippen LogP contribution in [0.15, 0.2) is 34.3 Å². The second-order valence-corrected chi connectivity index (χ2v) is 11.6. The van der Waals surface area contributed by atoms with Gasteiger partial charge in [-0.2, -0.15) is 4.31 Å². The summed E-state index contributed by atoms with van der Waals surface area (Å²) in [6.07, 6.45) is 4.82. The lowest BCUT2D eigenvalue weighted by molar-refractivity contribution is -0.129. The van der Waals surface area contributed by atoms with Gasteiger partial charge in [0.1, 0.15) is 4.90 Å². The highest BCUT2D eigenvalue weighted by Gasteiger charge is 2.31. The van der Waals surface area contributed by atoms with Crippen molar-refractivity contribution in [3.8, 4) is 0 Å². The lowest BCUT2D eigenvalue weighted by atomic mass is 10.2. The summed E-state index contributed by atoms with van der Waals surface area (Å²) >= 11 is 7.59. The first-order valence-electron chi connectivity index (χ1n) is 11.0. The van der Waals surface area contributed by atoms with Gasteiger partial charge >= 0.3 is 0 Å². The zero-order valence-corrected chi connectivity index (χ0v) is 20.8. The Balaban J connectivity index is 1.36. The number of aryl methyl sites for hydroxylation is 1. The van der Waals surface area contributed by atoms with E-state index in [1.807, 2.05) is 6.92 Å². The van der Waals surface area contributed by atoms with Crippen LogP contribution in [0.3, 0.4) is 0 Å². The normalized spacial score (nSPS) is 18.4. The average molecular weight is 497 g/mol. The van der Waals surface area contributed by atoms with Crippen LogP contribution in [-0.4, -0.2) is 65.0 Å². The number of aromatic nitrogens is 2. The van der Waals surface area contributed by atoms with Crippen molar-refractivity contribution in [2.45, 2.75) is 55.6 Å². The Morgan fingerprint density at radius 3 is 2.44 bits per heavy atom. The highest BCUT2D eigenvalue weighted by atomic mass is 35.5. The molecule has 1 saturated heterocycles. The highest BCUT2D eigenvalue weighted by molar-refractivity contribution is 7.99. The lowest BCUT2D eigenvalue weighted by Crippen LogP contribution is -2.51. The van der Waals surface area contributed by atoms with Crippen molar-refractivity contribution in [3.63, 3.8) is 0 Å². The summed E-state index contributed by atoms with van der Waals surface area (Å²) in [7, 11) is -3.67. The average Bonchev–Trinajstić information content (AvgIpc) is 3.40. The van der Waals surface area contributed by atoms with Gasteiger partial charge in [-0.15, -0.1) is 0 Å². The molecule has 0 bridgehead atoms. The maximum absolute atomic E-state index is 12.9. The zero-order chi connectivity index (χ0) is 22.9. The van der Waals surface area contributed by atoms with Crippen molar-refractivity contribution in [2.24, 2.45) is 0 Å². The van der Waals surface area contributed by atoms with Gasteiger partial charge in [0.25, 0.3) is 0 Å². The first-order valence-corrected chi connectivity index (χ1v) is 13.8. The van der Waals surface area contributed by atoms with Gasteiger partial charge in [-0.25, -0.2) is 13.4 Å². The number of benzene rings is 1. The summed E-state index contributed by atoms with van der Waals surface area (Å²) in [6.45, 7) is 5.39. The molecule has 0 atom stereocenters. The van der Waals surface area contributed by atoms with Crippen LogP contribution in [0.4, 0.5) is 0 Å². The molecule has 32 heavy (non-hydrogen) atoms. The molecule has 10 heteroatoms. The Hall–Kier alpha value is -1.55. The molecule has 2 heterocycles. The minimum atomic E-state index is -3.67. The van der Waals surface area contributed by atoms with Crippen molar-refractivity contribution < 1.29 is 13.2 Å². The van der Waals surface area contributed by atoms with E-state index < -0.39 is 10.0 Å². The molecule has 1 aromatic carbocycles. The summed E-state index contributed by atoms with van der Waals surface area (Å²) < 4.78 is 29.6. The van der Waals surface area contributed by atoms with Crippen LogP contribution in [0.2, 0.25) is 5.02 Å². The van der Waals surface area contributed by atoms with Gasteiger partial charge in [0.05, 0.1) is 16.5 Å². The Labute approximate surface area is 199 Å². The van der Waals surface area contributed by atoms with Crippen molar-refractivity contribution in [1.82, 2.24) is 18.8 Å². The first kappa shape index (κ1) is 23.6. The zero-order valence-electron chi connectivity index (χ0n) is 18.5.